The summed E-state index contributed by atoms with van der Waals surface area (Å²) in [5.74, 6) is -2.47. The van der Waals surface area contributed by atoms with Crippen LogP contribution in [0.25, 0.3) is 22.3 Å². The summed E-state index contributed by atoms with van der Waals surface area (Å²) in [5, 5.41) is 31.2. The fourth-order valence-electron chi connectivity index (χ4n) is 5.25. The highest BCUT2D eigenvalue weighted by molar-refractivity contribution is 5.94. The maximum absolute atomic E-state index is 12.2. The number of allylic oxidation sites excluding steroid dienone is 2. The van der Waals surface area contributed by atoms with E-state index in [0.29, 0.717) is 16.5 Å². The number of carboxylic acids is 1. The molecule has 3 aliphatic carbocycles. The minimum Gasteiger partial charge on any atom is -0.504 e. The van der Waals surface area contributed by atoms with Gasteiger partial charge < -0.3 is 19.7 Å². The average molecular weight is 378 g/mol. The largest absolute Gasteiger partial charge is 0.504 e. The summed E-state index contributed by atoms with van der Waals surface area (Å²) in [7, 11) is 0. The number of para-hydroxylation sites is 1. The zero-order chi connectivity index (χ0) is 19.7. The monoisotopic (exact) mass is 378 g/mol. The SMILES string of the molecule is CC1C2C=CC1C(c1c3ccc(=O)c(O)c-3oc3c(O)cccc13)C2C(=O)O. The van der Waals surface area contributed by atoms with E-state index in [1.165, 1.54) is 12.1 Å². The van der Waals surface area contributed by atoms with E-state index in [4.69, 9.17) is 4.42 Å². The first-order valence-corrected chi connectivity index (χ1v) is 9.21. The maximum atomic E-state index is 12.2. The van der Waals surface area contributed by atoms with Gasteiger partial charge in [-0.15, -0.1) is 0 Å². The number of carbonyl (C=O) groups is 1. The third-order valence-corrected chi connectivity index (χ3v) is 6.48. The van der Waals surface area contributed by atoms with Gasteiger partial charge in [-0.05, 0) is 41.5 Å². The molecule has 0 radical (unpaired) electrons. The fourth-order valence-corrected chi connectivity index (χ4v) is 5.25. The van der Waals surface area contributed by atoms with Crippen molar-refractivity contribution in [1.29, 1.82) is 0 Å². The Balaban J connectivity index is 1.92. The molecule has 5 unspecified atom stereocenters. The molecule has 142 valence electrons. The zero-order valence-corrected chi connectivity index (χ0v) is 15.0. The van der Waals surface area contributed by atoms with Crippen molar-refractivity contribution in [2.24, 2.45) is 23.7 Å². The molecule has 4 aliphatic rings. The van der Waals surface area contributed by atoms with Crippen LogP contribution in [0.5, 0.6) is 11.5 Å². The quantitative estimate of drug-likeness (QED) is 0.465. The predicted molar refractivity (Wildman–Crippen MR) is 102 cm³/mol. The topological polar surface area (TPSA) is 108 Å². The summed E-state index contributed by atoms with van der Waals surface area (Å²) >= 11 is 0. The molecule has 5 atom stereocenters. The van der Waals surface area contributed by atoms with E-state index in [9.17, 15) is 24.9 Å². The molecule has 0 amide bonds. The second kappa shape index (κ2) is 5.61. The van der Waals surface area contributed by atoms with Gasteiger partial charge in [0.2, 0.25) is 11.2 Å². The summed E-state index contributed by atoms with van der Waals surface area (Å²) in [6.45, 7) is 2.05. The molecule has 1 fully saturated rings. The van der Waals surface area contributed by atoms with Gasteiger partial charge in [-0.3, -0.25) is 9.59 Å². The van der Waals surface area contributed by atoms with Crippen molar-refractivity contribution in [1.82, 2.24) is 0 Å². The van der Waals surface area contributed by atoms with Crippen molar-refractivity contribution in [3.8, 4) is 22.8 Å². The van der Waals surface area contributed by atoms with Gasteiger partial charge in [0.25, 0.3) is 0 Å². The van der Waals surface area contributed by atoms with Crippen molar-refractivity contribution in [2.45, 2.75) is 12.8 Å². The van der Waals surface area contributed by atoms with Gasteiger partial charge in [0.05, 0.1) is 5.92 Å². The molecule has 1 aliphatic heterocycles. The normalized spacial score (nSPS) is 28.4. The van der Waals surface area contributed by atoms with E-state index in [0.717, 1.165) is 0 Å². The van der Waals surface area contributed by atoms with Gasteiger partial charge in [0, 0.05) is 16.9 Å². The van der Waals surface area contributed by atoms with Crippen LogP contribution in [0.1, 0.15) is 18.4 Å². The van der Waals surface area contributed by atoms with E-state index in [1.807, 2.05) is 13.0 Å². The van der Waals surface area contributed by atoms with E-state index >= 15 is 0 Å². The van der Waals surface area contributed by atoms with Gasteiger partial charge in [-0.1, -0.05) is 31.2 Å². The van der Waals surface area contributed by atoms with Crippen LogP contribution in [0.2, 0.25) is 0 Å². The molecule has 1 aromatic rings. The van der Waals surface area contributed by atoms with E-state index < -0.39 is 23.1 Å². The van der Waals surface area contributed by atoms with Gasteiger partial charge in [-0.25, -0.2) is 0 Å². The third-order valence-electron chi connectivity index (χ3n) is 6.48. The smallest absolute Gasteiger partial charge is 0.307 e. The number of rotatable bonds is 2. The van der Waals surface area contributed by atoms with Gasteiger partial charge in [-0.2, -0.15) is 0 Å². The predicted octanol–water partition coefficient (Wildman–Crippen LogP) is 3.55. The van der Waals surface area contributed by atoms with Crippen molar-refractivity contribution in [2.75, 3.05) is 0 Å². The molecule has 3 N–H and O–H groups in total. The van der Waals surface area contributed by atoms with Crippen LogP contribution in [0, 0.1) is 23.7 Å². The summed E-state index contributed by atoms with van der Waals surface area (Å²) in [4.78, 5) is 24.1. The van der Waals surface area contributed by atoms with Crippen LogP contribution in [0.3, 0.4) is 0 Å². The lowest BCUT2D eigenvalue weighted by Crippen LogP contribution is -2.26. The zero-order valence-electron chi connectivity index (χ0n) is 15.0. The Bertz CT molecular complexity index is 1190. The molecule has 0 aromatic heterocycles. The highest BCUT2D eigenvalue weighted by Gasteiger charge is 2.54. The Labute approximate surface area is 159 Å². The first-order chi connectivity index (χ1) is 13.4. The Morgan fingerprint density at radius 2 is 1.82 bits per heavy atom. The van der Waals surface area contributed by atoms with E-state index in [-0.39, 0.29) is 40.8 Å². The van der Waals surface area contributed by atoms with Gasteiger partial charge in [0.15, 0.2) is 17.1 Å². The lowest BCUT2D eigenvalue weighted by Gasteiger charge is -2.29. The number of aromatic hydroxyl groups is 2. The minimum atomic E-state index is -0.874. The lowest BCUT2D eigenvalue weighted by molar-refractivity contribution is -0.143. The summed E-state index contributed by atoms with van der Waals surface area (Å²) in [5.41, 5.74) is 0.737. The Morgan fingerprint density at radius 1 is 1.07 bits per heavy atom. The Hall–Kier alpha value is -3.28. The fraction of sp³-hybridized carbons (Fsp3) is 0.273. The molecule has 6 heteroatoms. The van der Waals surface area contributed by atoms with Crippen LogP contribution < -0.4 is 5.43 Å². The number of hydrogen-bond donors (Lipinski definition) is 3. The number of benzene rings is 2. The standard InChI is InChI=1S/C22H18O6/c1-9-10-5-6-11(9)18(22(26)27)17(10)16-12-3-2-4-15(24)20(12)28-21-13(16)7-8-14(23)19(21)25/h2-11,17-18,24-25H,1H3,(H,26,27). The first-order valence-electron chi connectivity index (χ1n) is 9.21. The number of phenolic OH excluding ortho intramolecular Hbond substituents is 2. The van der Waals surface area contributed by atoms with Gasteiger partial charge >= 0.3 is 5.97 Å². The molecular weight excluding hydrogens is 360 g/mol. The molecule has 1 saturated carbocycles. The molecule has 28 heavy (non-hydrogen) atoms. The van der Waals surface area contributed by atoms with Crippen molar-refractivity contribution in [3.63, 3.8) is 0 Å². The second-order valence-corrected chi connectivity index (χ2v) is 7.75. The molecule has 5 rings (SSSR count). The number of hydrogen-bond acceptors (Lipinski definition) is 5. The van der Waals surface area contributed by atoms with Crippen molar-refractivity contribution in [3.05, 3.63) is 58.3 Å². The molecule has 1 aromatic carbocycles. The van der Waals surface area contributed by atoms with Crippen molar-refractivity contribution < 1.29 is 24.5 Å². The van der Waals surface area contributed by atoms with Crippen molar-refractivity contribution >= 4 is 16.9 Å². The van der Waals surface area contributed by atoms with Crippen LogP contribution >= 0.6 is 0 Å². The van der Waals surface area contributed by atoms with Crippen LogP contribution in [0.4, 0.5) is 0 Å². The van der Waals surface area contributed by atoms with Crippen LogP contribution in [-0.2, 0) is 4.79 Å². The van der Waals surface area contributed by atoms with E-state index in [2.05, 4.69) is 6.08 Å². The minimum absolute atomic E-state index is 0.0105. The number of fused-ring (bicyclic) bond motifs is 4. The number of aliphatic carboxylic acids is 1. The summed E-state index contributed by atoms with van der Waals surface area (Å²) in [6.07, 6.45) is 4.04. The molecular formula is C22H18O6. The third kappa shape index (κ3) is 2.03. The highest BCUT2D eigenvalue weighted by Crippen LogP contribution is 2.59. The first kappa shape index (κ1) is 16.9. The van der Waals surface area contributed by atoms with Crippen LogP contribution in [0.15, 0.2) is 51.7 Å². The van der Waals surface area contributed by atoms with Gasteiger partial charge in [0.1, 0.15) is 0 Å². The molecule has 0 spiro atoms. The lowest BCUT2D eigenvalue weighted by atomic mass is 9.75. The summed E-state index contributed by atoms with van der Waals surface area (Å²) in [6, 6.07) is 7.73. The van der Waals surface area contributed by atoms with Crippen LogP contribution in [-0.4, -0.2) is 21.3 Å². The second-order valence-electron chi connectivity index (χ2n) is 7.75. The van der Waals surface area contributed by atoms with E-state index in [1.54, 1.807) is 18.2 Å². The Morgan fingerprint density at radius 3 is 2.57 bits per heavy atom. The molecule has 6 nitrogen and oxygen atoms in total. The number of carboxylic acid groups (broad SMARTS) is 1. The maximum Gasteiger partial charge on any atom is 0.307 e. The summed E-state index contributed by atoms with van der Waals surface area (Å²) < 4.78 is 5.73. The molecule has 0 saturated heterocycles. The highest BCUT2D eigenvalue weighted by atomic mass is 16.4. The molecule has 1 heterocycles. The number of phenols is 2. The average Bonchev–Trinajstić information content (AvgIpc) is 3.16. The Kier molecular flexibility index (Phi) is 3.38. The molecule has 2 bridgehead atoms.